The van der Waals surface area contributed by atoms with Gasteiger partial charge in [0.15, 0.2) is 5.70 Å². The van der Waals surface area contributed by atoms with Crippen molar-refractivity contribution in [2.75, 3.05) is 14.2 Å². The van der Waals surface area contributed by atoms with E-state index in [-0.39, 0.29) is 0 Å². The van der Waals surface area contributed by atoms with Crippen LogP contribution in [0.3, 0.4) is 0 Å². The number of benzene rings is 2. The quantitative estimate of drug-likeness (QED) is 0.942. The molecule has 21 heavy (non-hydrogen) atoms. The topological polar surface area (TPSA) is 26.0 Å². The van der Waals surface area contributed by atoms with E-state index in [2.05, 4.69) is 24.6 Å². The number of methoxy groups -OCH3 is 1. The molecule has 1 aliphatic rings. The lowest BCUT2D eigenvalue weighted by Crippen LogP contribution is -3.07. The molecule has 4 heteroatoms. The third-order valence-electron chi connectivity index (χ3n) is 3.40. The number of amidine groups is 1. The van der Waals surface area contributed by atoms with E-state index in [0.29, 0.717) is 0 Å². The van der Waals surface area contributed by atoms with E-state index in [1.807, 2.05) is 42.5 Å². The highest BCUT2D eigenvalue weighted by atomic mass is 32.2. The minimum absolute atomic E-state index is 0.876. The maximum atomic E-state index is 5.20. The van der Waals surface area contributed by atoms with Crippen molar-refractivity contribution in [2.45, 2.75) is 0 Å². The highest BCUT2D eigenvalue weighted by Crippen LogP contribution is 2.23. The van der Waals surface area contributed by atoms with Crippen molar-refractivity contribution in [1.29, 1.82) is 0 Å². The molecule has 1 heterocycles. The Morgan fingerprint density at radius 1 is 1.00 bits per heavy atom. The molecule has 1 aliphatic heterocycles. The Kier molecular flexibility index (Phi) is 4.08. The molecule has 2 aromatic rings. The van der Waals surface area contributed by atoms with Gasteiger partial charge in [-0.2, -0.15) is 4.99 Å². The second-order valence-corrected chi connectivity index (χ2v) is 5.61. The van der Waals surface area contributed by atoms with Gasteiger partial charge in [-0.25, -0.2) is 4.90 Å². The van der Waals surface area contributed by atoms with Crippen LogP contribution < -0.4 is 9.64 Å². The summed E-state index contributed by atoms with van der Waals surface area (Å²) < 4.78 is 5.20. The normalized spacial score (nSPS) is 19.6. The first kappa shape index (κ1) is 13.9. The van der Waals surface area contributed by atoms with Gasteiger partial charge in [-0.05, 0) is 48.2 Å². The zero-order valence-corrected chi connectivity index (χ0v) is 12.9. The molecule has 1 atom stereocenters. The van der Waals surface area contributed by atoms with Gasteiger partial charge in [0.1, 0.15) is 5.75 Å². The lowest BCUT2D eigenvalue weighted by molar-refractivity contribution is -0.690. The Labute approximate surface area is 129 Å². The van der Waals surface area contributed by atoms with Crippen molar-refractivity contribution in [3.63, 3.8) is 0 Å². The van der Waals surface area contributed by atoms with Crippen molar-refractivity contribution in [2.24, 2.45) is 4.99 Å². The standard InChI is InChI=1S/C17H16N2OS/c1-19-16(13-8-10-15(20-2)11-9-13)12-21-17(19)18-14-6-4-3-5-7-14/h3-12H,1-2H3/p+1. The van der Waals surface area contributed by atoms with E-state index in [1.54, 1.807) is 18.9 Å². The number of para-hydroxylation sites is 1. The Hall–Kier alpha value is -2.04. The fourth-order valence-electron chi connectivity index (χ4n) is 2.19. The molecule has 0 spiro atoms. The predicted octanol–water partition coefficient (Wildman–Crippen LogP) is 2.94. The molecule has 3 nitrogen and oxygen atoms in total. The summed E-state index contributed by atoms with van der Waals surface area (Å²) >= 11 is 1.68. The Morgan fingerprint density at radius 2 is 1.71 bits per heavy atom. The summed E-state index contributed by atoms with van der Waals surface area (Å²) in [6.45, 7) is 0. The smallest absolute Gasteiger partial charge is 0.271 e. The molecule has 106 valence electrons. The number of hydrogen-bond donors (Lipinski definition) is 1. The molecule has 0 saturated heterocycles. The number of thioether (sulfide) groups is 1. The summed E-state index contributed by atoms with van der Waals surface area (Å²) in [6, 6.07) is 18.2. The van der Waals surface area contributed by atoms with Crippen LogP contribution in [0, 0.1) is 0 Å². The SMILES string of the molecule is COc1ccc(C2=CSC(=Nc3ccccc3)[NH+]2C)cc1. The van der Waals surface area contributed by atoms with Crippen LogP contribution in [0.4, 0.5) is 5.69 Å². The summed E-state index contributed by atoms with van der Waals surface area (Å²) in [4.78, 5) is 5.93. The van der Waals surface area contributed by atoms with Gasteiger partial charge < -0.3 is 4.74 Å². The Morgan fingerprint density at radius 3 is 2.38 bits per heavy atom. The summed E-state index contributed by atoms with van der Waals surface area (Å²) in [7, 11) is 3.81. The lowest BCUT2D eigenvalue weighted by atomic mass is 10.1. The van der Waals surface area contributed by atoms with Crippen LogP contribution in [-0.2, 0) is 0 Å². The molecular formula is C17H17N2OS+. The molecule has 1 N–H and O–H groups in total. The van der Waals surface area contributed by atoms with Crippen molar-refractivity contribution < 1.29 is 9.64 Å². The van der Waals surface area contributed by atoms with Crippen LogP contribution in [0.2, 0.25) is 0 Å². The Bertz CT molecular complexity index is 678. The first-order chi connectivity index (χ1) is 10.3. The van der Waals surface area contributed by atoms with Gasteiger partial charge in [-0.1, -0.05) is 18.2 Å². The Balaban J connectivity index is 1.82. The van der Waals surface area contributed by atoms with E-state index < -0.39 is 0 Å². The van der Waals surface area contributed by atoms with Crippen LogP contribution >= 0.6 is 11.8 Å². The highest BCUT2D eigenvalue weighted by molar-refractivity contribution is 8.16. The lowest BCUT2D eigenvalue weighted by Gasteiger charge is -2.10. The fourth-order valence-corrected chi connectivity index (χ4v) is 3.18. The van der Waals surface area contributed by atoms with E-state index in [1.165, 1.54) is 16.2 Å². The fraction of sp³-hybridized carbons (Fsp3) is 0.118. The maximum Gasteiger partial charge on any atom is 0.271 e. The summed E-state index contributed by atoms with van der Waals surface area (Å²) in [5.74, 6) is 0.876. The molecule has 0 saturated carbocycles. The third kappa shape index (κ3) is 3.01. The van der Waals surface area contributed by atoms with Crippen LogP contribution in [0.15, 0.2) is 65.0 Å². The number of ether oxygens (including phenoxy) is 1. The second kappa shape index (κ2) is 6.16. The number of hydrogen-bond acceptors (Lipinski definition) is 3. The summed E-state index contributed by atoms with van der Waals surface area (Å²) in [6.07, 6.45) is 0. The average Bonchev–Trinajstić information content (AvgIpc) is 2.89. The van der Waals surface area contributed by atoms with Crippen LogP contribution in [0.5, 0.6) is 5.75 Å². The minimum Gasteiger partial charge on any atom is -0.497 e. The number of nitrogens with zero attached hydrogens (tertiary/aromatic N) is 1. The van der Waals surface area contributed by atoms with Crippen molar-refractivity contribution in [1.82, 2.24) is 0 Å². The van der Waals surface area contributed by atoms with E-state index in [9.17, 15) is 0 Å². The molecular weight excluding hydrogens is 280 g/mol. The highest BCUT2D eigenvalue weighted by Gasteiger charge is 2.26. The molecule has 0 aromatic heterocycles. The van der Waals surface area contributed by atoms with E-state index in [4.69, 9.17) is 9.73 Å². The van der Waals surface area contributed by atoms with E-state index in [0.717, 1.165) is 16.6 Å². The van der Waals surface area contributed by atoms with Crippen molar-refractivity contribution >= 4 is 28.3 Å². The molecule has 1 unspecified atom stereocenters. The number of quaternary nitrogens is 1. The summed E-state index contributed by atoms with van der Waals surface area (Å²) in [5.41, 5.74) is 3.42. The molecule has 0 aliphatic carbocycles. The van der Waals surface area contributed by atoms with Gasteiger partial charge in [-0.15, -0.1) is 0 Å². The van der Waals surface area contributed by atoms with Crippen LogP contribution in [0.1, 0.15) is 5.56 Å². The zero-order valence-electron chi connectivity index (χ0n) is 12.0. The van der Waals surface area contributed by atoms with Crippen molar-refractivity contribution in [3.8, 4) is 5.75 Å². The number of rotatable bonds is 3. The summed E-state index contributed by atoms with van der Waals surface area (Å²) in [5, 5.41) is 3.23. The third-order valence-corrected chi connectivity index (χ3v) is 4.38. The molecule has 3 rings (SSSR count). The first-order valence-electron chi connectivity index (χ1n) is 6.77. The van der Waals surface area contributed by atoms with Gasteiger partial charge in [0.05, 0.1) is 19.8 Å². The zero-order chi connectivity index (χ0) is 14.7. The van der Waals surface area contributed by atoms with Gasteiger partial charge in [0.2, 0.25) is 0 Å². The maximum absolute atomic E-state index is 5.20. The van der Waals surface area contributed by atoms with E-state index >= 15 is 0 Å². The van der Waals surface area contributed by atoms with Gasteiger partial charge in [0, 0.05) is 11.0 Å². The van der Waals surface area contributed by atoms with Gasteiger partial charge in [-0.3, -0.25) is 0 Å². The predicted molar refractivity (Wildman–Crippen MR) is 89.0 cm³/mol. The number of aliphatic imine (C=N–C) groups is 1. The molecule has 2 aromatic carbocycles. The molecule has 0 radical (unpaired) electrons. The van der Waals surface area contributed by atoms with Crippen LogP contribution in [-0.4, -0.2) is 19.3 Å². The molecule has 0 fully saturated rings. The monoisotopic (exact) mass is 297 g/mol. The number of nitrogens with one attached hydrogen (secondary N) is 1. The average molecular weight is 297 g/mol. The van der Waals surface area contributed by atoms with Gasteiger partial charge in [0.25, 0.3) is 5.17 Å². The van der Waals surface area contributed by atoms with Crippen molar-refractivity contribution in [3.05, 3.63) is 65.6 Å². The molecule has 0 bridgehead atoms. The van der Waals surface area contributed by atoms with Crippen LogP contribution in [0.25, 0.3) is 5.70 Å². The second-order valence-electron chi connectivity index (χ2n) is 4.76. The van der Waals surface area contributed by atoms with Gasteiger partial charge >= 0.3 is 0 Å². The largest absolute Gasteiger partial charge is 0.497 e. The molecule has 0 amide bonds. The first-order valence-corrected chi connectivity index (χ1v) is 7.65. The minimum atomic E-state index is 0.876.